The van der Waals surface area contributed by atoms with Gasteiger partial charge in [-0.25, -0.2) is 4.98 Å². The maximum Gasteiger partial charge on any atom is 0.259 e. The summed E-state index contributed by atoms with van der Waals surface area (Å²) in [4.78, 5) is 8.90. The van der Waals surface area contributed by atoms with Crippen LogP contribution in [-0.2, 0) is 6.54 Å². The molecule has 4 aromatic rings. The average molecular weight is 372 g/mol. The second kappa shape index (κ2) is 7.92. The first-order valence-electron chi connectivity index (χ1n) is 8.95. The van der Waals surface area contributed by atoms with Gasteiger partial charge in [0, 0.05) is 18.3 Å². The normalized spacial score (nSPS) is 10.6. The zero-order valence-corrected chi connectivity index (χ0v) is 15.7. The van der Waals surface area contributed by atoms with Gasteiger partial charge in [-0.15, -0.1) is 0 Å². The summed E-state index contributed by atoms with van der Waals surface area (Å²) in [6, 6.07) is 19.7. The van der Waals surface area contributed by atoms with Crippen LogP contribution >= 0.6 is 0 Å². The lowest BCUT2D eigenvalue weighted by Gasteiger charge is -2.06. The van der Waals surface area contributed by atoms with Crippen LogP contribution in [0.1, 0.15) is 11.1 Å². The number of nitrogens with one attached hydrogen (secondary N) is 1. The number of anilines is 1. The molecule has 0 atom stereocenters. The Morgan fingerprint density at radius 3 is 2.36 bits per heavy atom. The first-order chi connectivity index (χ1) is 13.7. The molecule has 0 aliphatic heterocycles. The minimum absolute atomic E-state index is 0.434. The lowest BCUT2D eigenvalue weighted by molar-refractivity contribution is 0.415. The maximum absolute atomic E-state index is 5.39. The fraction of sp³-hybridized carbons (Fsp3) is 0.136. The molecule has 2 aromatic carbocycles. The van der Waals surface area contributed by atoms with E-state index in [1.807, 2.05) is 36.4 Å². The second-order valence-electron chi connectivity index (χ2n) is 6.42. The van der Waals surface area contributed by atoms with Crippen molar-refractivity contribution in [3.63, 3.8) is 0 Å². The number of benzene rings is 2. The number of aryl methyl sites for hydroxylation is 1. The van der Waals surface area contributed by atoms with Gasteiger partial charge in [-0.2, -0.15) is 4.98 Å². The summed E-state index contributed by atoms with van der Waals surface area (Å²) in [5.41, 5.74) is 4.09. The highest BCUT2D eigenvalue weighted by Crippen LogP contribution is 2.24. The van der Waals surface area contributed by atoms with Crippen LogP contribution in [0.4, 0.5) is 5.82 Å². The first-order valence-corrected chi connectivity index (χ1v) is 8.95. The van der Waals surface area contributed by atoms with Crippen LogP contribution in [0.2, 0.25) is 0 Å². The Kier molecular flexibility index (Phi) is 5.01. The highest BCUT2D eigenvalue weighted by Gasteiger charge is 2.11. The molecule has 2 heterocycles. The zero-order valence-electron chi connectivity index (χ0n) is 15.7. The molecule has 140 valence electrons. The highest BCUT2D eigenvalue weighted by atomic mass is 16.5. The molecule has 1 N–H and O–H groups in total. The Morgan fingerprint density at radius 1 is 0.929 bits per heavy atom. The Labute approximate surface area is 163 Å². The lowest BCUT2D eigenvalue weighted by atomic mass is 10.1. The van der Waals surface area contributed by atoms with Gasteiger partial charge in [0.05, 0.1) is 12.7 Å². The summed E-state index contributed by atoms with van der Waals surface area (Å²) in [6.45, 7) is 2.80. The smallest absolute Gasteiger partial charge is 0.259 e. The summed E-state index contributed by atoms with van der Waals surface area (Å²) < 4.78 is 10.6. The Bertz CT molecular complexity index is 1040. The molecule has 0 saturated heterocycles. The van der Waals surface area contributed by atoms with Crippen LogP contribution in [0.3, 0.4) is 0 Å². The van der Waals surface area contributed by atoms with Crippen LogP contribution in [-0.4, -0.2) is 22.2 Å². The van der Waals surface area contributed by atoms with E-state index in [1.165, 1.54) is 11.1 Å². The number of methoxy groups -OCH3 is 1. The molecule has 0 unspecified atom stereocenters. The van der Waals surface area contributed by atoms with Crippen LogP contribution in [0.5, 0.6) is 5.75 Å². The van der Waals surface area contributed by atoms with E-state index in [0.717, 1.165) is 29.2 Å². The number of ether oxygens (including phenoxy) is 1. The van der Waals surface area contributed by atoms with E-state index in [0.29, 0.717) is 11.7 Å². The second-order valence-corrected chi connectivity index (χ2v) is 6.42. The monoisotopic (exact) mass is 372 g/mol. The van der Waals surface area contributed by atoms with Crippen molar-refractivity contribution in [1.82, 2.24) is 15.1 Å². The van der Waals surface area contributed by atoms with Gasteiger partial charge in [0.2, 0.25) is 5.82 Å². The van der Waals surface area contributed by atoms with Crippen molar-refractivity contribution in [2.45, 2.75) is 13.5 Å². The van der Waals surface area contributed by atoms with E-state index < -0.39 is 0 Å². The minimum atomic E-state index is 0.434. The number of rotatable bonds is 6. The van der Waals surface area contributed by atoms with Crippen molar-refractivity contribution in [2.24, 2.45) is 0 Å². The maximum atomic E-state index is 5.39. The third-order valence-electron chi connectivity index (χ3n) is 4.38. The van der Waals surface area contributed by atoms with Crippen LogP contribution in [0, 0.1) is 6.92 Å². The molecule has 2 aromatic heterocycles. The Morgan fingerprint density at radius 2 is 1.68 bits per heavy atom. The third-order valence-corrected chi connectivity index (χ3v) is 4.38. The predicted molar refractivity (Wildman–Crippen MR) is 108 cm³/mol. The predicted octanol–water partition coefficient (Wildman–Crippen LogP) is 4.73. The zero-order chi connectivity index (χ0) is 19.3. The molecule has 0 fully saturated rings. The van der Waals surface area contributed by atoms with Gasteiger partial charge in [-0.1, -0.05) is 35.0 Å². The number of nitrogens with zero attached hydrogens (tertiary/aromatic N) is 3. The van der Waals surface area contributed by atoms with Crippen LogP contribution in [0.15, 0.2) is 71.4 Å². The Hall–Kier alpha value is -3.67. The number of hydrogen-bond donors (Lipinski definition) is 1. The Balaban J connectivity index is 1.43. The molecule has 28 heavy (non-hydrogen) atoms. The van der Waals surface area contributed by atoms with Crippen molar-refractivity contribution in [3.05, 3.63) is 78.0 Å². The van der Waals surface area contributed by atoms with E-state index in [2.05, 4.69) is 51.6 Å². The number of aromatic nitrogens is 3. The van der Waals surface area contributed by atoms with Gasteiger partial charge in [-0.3, -0.25) is 0 Å². The molecular formula is C22H20N4O2. The van der Waals surface area contributed by atoms with E-state index in [-0.39, 0.29) is 0 Å². The third kappa shape index (κ3) is 4.01. The van der Waals surface area contributed by atoms with Crippen LogP contribution in [0.25, 0.3) is 22.8 Å². The lowest BCUT2D eigenvalue weighted by Crippen LogP contribution is -2.01. The molecule has 6 heteroatoms. The van der Waals surface area contributed by atoms with E-state index in [1.54, 1.807) is 13.3 Å². The van der Waals surface area contributed by atoms with Crippen molar-refractivity contribution in [2.75, 3.05) is 12.4 Å². The van der Waals surface area contributed by atoms with E-state index >= 15 is 0 Å². The molecule has 0 aliphatic carbocycles. The van der Waals surface area contributed by atoms with Gasteiger partial charge < -0.3 is 14.6 Å². The average Bonchev–Trinajstić information content (AvgIpc) is 3.24. The quantitative estimate of drug-likeness (QED) is 0.528. The minimum Gasteiger partial charge on any atom is -0.497 e. The van der Waals surface area contributed by atoms with Gasteiger partial charge >= 0.3 is 0 Å². The number of hydrogen-bond acceptors (Lipinski definition) is 6. The molecular weight excluding hydrogens is 352 g/mol. The van der Waals surface area contributed by atoms with Gasteiger partial charge in [0.15, 0.2) is 0 Å². The van der Waals surface area contributed by atoms with Crippen molar-refractivity contribution >= 4 is 5.82 Å². The standard InChI is InChI=1S/C22H20N4O2/c1-15-3-5-16(6-4-15)13-23-20-12-9-18(14-24-20)22-25-21(26-28-22)17-7-10-19(27-2)11-8-17/h3-12,14H,13H2,1-2H3,(H,23,24). The largest absolute Gasteiger partial charge is 0.497 e. The van der Waals surface area contributed by atoms with Gasteiger partial charge in [0.25, 0.3) is 5.89 Å². The summed E-state index contributed by atoms with van der Waals surface area (Å²) in [5.74, 6) is 2.53. The van der Waals surface area contributed by atoms with Gasteiger partial charge in [-0.05, 0) is 48.9 Å². The summed E-state index contributed by atoms with van der Waals surface area (Å²) >= 11 is 0. The van der Waals surface area contributed by atoms with Crippen LogP contribution < -0.4 is 10.1 Å². The van der Waals surface area contributed by atoms with Crippen molar-refractivity contribution in [3.8, 4) is 28.6 Å². The molecule has 0 spiro atoms. The van der Waals surface area contributed by atoms with Crippen molar-refractivity contribution in [1.29, 1.82) is 0 Å². The first kappa shape index (κ1) is 17.7. The van der Waals surface area contributed by atoms with E-state index in [4.69, 9.17) is 9.26 Å². The summed E-state index contributed by atoms with van der Waals surface area (Å²) in [6.07, 6.45) is 1.72. The summed E-state index contributed by atoms with van der Waals surface area (Å²) in [7, 11) is 1.63. The fourth-order valence-corrected chi connectivity index (χ4v) is 2.72. The SMILES string of the molecule is COc1ccc(-c2noc(-c3ccc(NCc4ccc(C)cc4)nc3)n2)cc1. The molecule has 0 aliphatic rings. The fourth-order valence-electron chi connectivity index (χ4n) is 2.72. The highest BCUT2D eigenvalue weighted by molar-refractivity contribution is 5.60. The number of pyridine rings is 1. The molecule has 0 saturated carbocycles. The molecule has 0 bridgehead atoms. The topological polar surface area (TPSA) is 73.1 Å². The summed E-state index contributed by atoms with van der Waals surface area (Å²) in [5, 5.41) is 7.36. The molecule has 0 amide bonds. The van der Waals surface area contributed by atoms with Gasteiger partial charge in [0.1, 0.15) is 11.6 Å². The van der Waals surface area contributed by atoms with E-state index in [9.17, 15) is 0 Å². The molecule has 0 radical (unpaired) electrons. The molecule has 4 rings (SSSR count). The van der Waals surface area contributed by atoms with Crippen molar-refractivity contribution < 1.29 is 9.26 Å². The molecule has 6 nitrogen and oxygen atoms in total.